The zero-order valence-corrected chi connectivity index (χ0v) is 10.1. The molecule has 4 nitrogen and oxygen atoms in total. The van der Waals surface area contributed by atoms with E-state index in [9.17, 15) is 4.79 Å². The molecule has 0 atom stereocenters. The second kappa shape index (κ2) is 5.02. The molecule has 0 heterocycles. The van der Waals surface area contributed by atoms with E-state index >= 15 is 0 Å². The smallest absolute Gasteiger partial charge is 0.340 e. The lowest BCUT2D eigenvalue weighted by molar-refractivity contribution is 0.0601. The Balaban J connectivity index is 3.18. The van der Waals surface area contributed by atoms with Crippen LogP contribution in [0.25, 0.3) is 0 Å². The Hall–Kier alpha value is -1.23. The van der Waals surface area contributed by atoms with Crippen molar-refractivity contribution in [3.63, 3.8) is 0 Å². The molecular formula is C10H12BrNO3. The van der Waals surface area contributed by atoms with Crippen LogP contribution < -0.4 is 10.5 Å². The Kier molecular flexibility index (Phi) is 3.96. The van der Waals surface area contributed by atoms with Gasteiger partial charge in [0.15, 0.2) is 0 Å². The van der Waals surface area contributed by atoms with Gasteiger partial charge in [0.2, 0.25) is 0 Å². The Labute approximate surface area is 96.5 Å². The minimum Gasteiger partial charge on any atom is -0.494 e. The fourth-order valence-corrected chi connectivity index (χ4v) is 1.56. The summed E-state index contributed by atoms with van der Waals surface area (Å²) in [5, 5.41) is 0. The number of rotatable bonds is 3. The number of halogens is 1. The van der Waals surface area contributed by atoms with Gasteiger partial charge in [-0.25, -0.2) is 4.79 Å². The molecule has 0 aliphatic heterocycles. The Morgan fingerprint density at radius 3 is 2.73 bits per heavy atom. The number of hydrogen-bond donors (Lipinski definition) is 1. The average Bonchev–Trinajstić information content (AvgIpc) is 2.22. The fraction of sp³-hybridized carbons (Fsp3) is 0.300. The molecule has 0 bridgehead atoms. The molecule has 1 aromatic rings. The molecule has 1 aromatic carbocycles. The largest absolute Gasteiger partial charge is 0.494 e. The highest BCUT2D eigenvalue weighted by Gasteiger charge is 2.14. The Bertz CT molecular complexity index is 379. The molecule has 0 unspecified atom stereocenters. The predicted octanol–water partition coefficient (Wildman–Crippen LogP) is 2.22. The average molecular weight is 274 g/mol. The van der Waals surface area contributed by atoms with Gasteiger partial charge in [0.25, 0.3) is 0 Å². The van der Waals surface area contributed by atoms with Crippen molar-refractivity contribution in [3.05, 3.63) is 22.2 Å². The second-order valence-corrected chi connectivity index (χ2v) is 3.65. The van der Waals surface area contributed by atoms with E-state index in [-0.39, 0.29) is 0 Å². The van der Waals surface area contributed by atoms with Crippen LogP contribution >= 0.6 is 15.9 Å². The topological polar surface area (TPSA) is 61.5 Å². The minimum atomic E-state index is -0.477. The van der Waals surface area contributed by atoms with E-state index in [0.29, 0.717) is 28.1 Å². The molecule has 1 rings (SSSR count). The highest BCUT2D eigenvalue weighted by Crippen LogP contribution is 2.29. The summed E-state index contributed by atoms with van der Waals surface area (Å²) in [4.78, 5) is 11.4. The summed E-state index contributed by atoms with van der Waals surface area (Å²) in [5.41, 5.74) is 6.37. The zero-order chi connectivity index (χ0) is 11.4. The van der Waals surface area contributed by atoms with E-state index in [1.165, 1.54) is 7.11 Å². The fourth-order valence-electron chi connectivity index (χ4n) is 1.12. The van der Waals surface area contributed by atoms with Gasteiger partial charge < -0.3 is 15.2 Å². The van der Waals surface area contributed by atoms with E-state index < -0.39 is 5.97 Å². The molecule has 0 saturated heterocycles. The maximum absolute atomic E-state index is 11.4. The number of nitrogens with two attached hydrogens (primary N) is 1. The molecule has 5 heteroatoms. The zero-order valence-electron chi connectivity index (χ0n) is 8.54. The van der Waals surface area contributed by atoms with Gasteiger partial charge in [-0.2, -0.15) is 0 Å². The summed E-state index contributed by atoms with van der Waals surface area (Å²) in [6.07, 6.45) is 0. The molecule has 15 heavy (non-hydrogen) atoms. The summed E-state index contributed by atoms with van der Waals surface area (Å²) in [7, 11) is 1.31. The van der Waals surface area contributed by atoms with Gasteiger partial charge in [0.05, 0.1) is 25.0 Å². The van der Waals surface area contributed by atoms with Crippen LogP contribution in [0.5, 0.6) is 5.75 Å². The summed E-state index contributed by atoms with van der Waals surface area (Å²) in [5.74, 6) is 0.105. The van der Waals surface area contributed by atoms with Gasteiger partial charge in [0, 0.05) is 4.47 Å². The van der Waals surface area contributed by atoms with Crippen LogP contribution in [0.2, 0.25) is 0 Å². The van der Waals surface area contributed by atoms with Crippen LogP contribution in [-0.4, -0.2) is 19.7 Å². The van der Waals surface area contributed by atoms with Crippen molar-refractivity contribution in [2.45, 2.75) is 6.92 Å². The minimum absolute atomic E-state index is 0.301. The van der Waals surface area contributed by atoms with Crippen molar-refractivity contribution >= 4 is 27.6 Å². The molecule has 0 spiro atoms. The van der Waals surface area contributed by atoms with Crippen molar-refractivity contribution in [1.82, 2.24) is 0 Å². The summed E-state index contributed by atoms with van der Waals surface area (Å²) in [6.45, 7) is 2.39. The third-order valence-corrected chi connectivity index (χ3v) is 2.48. The molecule has 82 valence electrons. The molecule has 0 aromatic heterocycles. The van der Waals surface area contributed by atoms with E-state index in [4.69, 9.17) is 10.5 Å². The number of carbonyl (C=O) groups is 1. The lowest BCUT2D eigenvalue weighted by Gasteiger charge is -2.09. The molecule has 0 aliphatic rings. The van der Waals surface area contributed by atoms with Gasteiger partial charge >= 0.3 is 5.97 Å². The van der Waals surface area contributed by atoms with Crippen LogP contribution in [-0.2, 0) is 4.74 Å². The quantitative estimate of drug-likeness (QED) is 0.678. The molecule has 0 radical (unpaired) electrons. The highest BCUT2D eigenvalue weighted by molar-refractivity contribution is 9.10. The molecule has 0 fully saturated rings. The lowest BCUT2D eigenvalue weighted by atomic mass is 10.2. The van der Waals surface area contributed by atoms with Crippen molar-refractivity contribution in [2.24, 2.45) is 0 Å². The summed E-state index contributed by atoms with van der Waals surface area (Å²) in [6, 6.07) is 3.28. The van der Waals surface area contributed by atoms with Crippen molar-refractivity contribution in [2.75, 3.05) is 19.5 Å². The van der Waals surface area contributed by atoms with Crippen LogP contribution in [0.3, 0.4) is 0 Å². The molecule has 0 saturated carbocycles. The predicted molar refractivity (Wildman–Crippen MR) is 61.1 cm³/mol. The molecule has 2 N–H and O–H groups in total. The number of esters is 1. The molecule has 0 amide bonds. The number of anilines is 1. The third-order valence-electron chi connectivity index (χ3n) is 1.82. The van der Waals surface area contributed by atoms with Crippen molar-refractivity contribution < 1.29 is 14.3 Å². The van der Waals surface area contributed by atoms with E-state index in [2.05, 4.69) is 20.7 Å². The van der Waals surface area contributed by atoms with Gasteiger partial charge in [-0.3, -0.25) is 0 Å². The number of nitrogen functional groups attached to an aromatic ring is 1. The molecule has 0 aliphatic carbocycles. The maximum Gasteiger partial charge on any atom is 0.340 e. The van der Waals surface area contributed by atoms with Gasteiger partial charge in [0.1, 0.15) is 5.75 Å². The normalized spacial score (nSPS) is 9.80. The van der Waals surface area contributed by atoms with Gasteiger partial charge in [-0.1, -0.05) is 0 Å². The van der Waals surface area contributed by atoms with Crippen LogP contribution in [0.15, 0.2) is 16.6 Å². The second-order valence-electron chi connectivity index (χ2n) is 2.79. The Morgan fingerprint density at radius 2 is 2.20 bits per heavy atom. The summed E-state index contributed by atoms with van der Waals surface area (Å²) < 4.78 is 10.5. The van der Waals surface area contributed by atoms with Crippen molar-refractivity contribution in [1.29, 1.82) is 0 Å². The number of benzene rings is 1. The SMILES string of the molecule is CCOc1cc(Br)c(N)c(C(=O)OC)c1. The number of ether oxygens (including phenoxy) is 2. The first kappa shape index (κ1) is 11.8. The number of methoxy groups -OCH3 is 1. The lowest BCUT2D eigenvalue weighted by Crippen LogP contribution is -2.07. The Morgan fingerprint density at radius 1 is 1.53 bits per heavy atom. The van der Waals surface area contributed by atoms with Crippen LogP contribution in [0.1, 0.15) is 17.3 Å². The number of carbonyl (C=O) groups excluding carboxylic acids is 1. The first-order chi connectivity index (χ1) is 7.10. The van der Waals surface area contributed by atoms with Crippen LogP contribution in [0.4, 0.5) is 5.69 Å². The summed E-state index contributed by atoms with van der Waals surface area (Å²) >= 11 is 3.25. The van der Waals surface area contributed by atoms with Gasteiger partial charge in [-0.05, 0) is 35.0 Å². The standard InChI is InChI=1S/C10H12BrNO3/c1-3-15-6-4-7(10(13)14-2)9(12)8(11)5-6/h4-5H,3,12H2,1-2H3. The van der Waals surface area contributed by atoms with E-state index in [0.717, 1.165) is 0 Å². The first-order valence-electron chi connectivity index (χ1n) is 4.40. The third kappa shape index (κ3) is 2.62. The van der Waals surface area contributed by atoms with E-state index in [1.807, 2.05) is 6.92 Å². The van der Waals surface area contributed by atoms with E-state index in [1.54, 1.807) is 12.1 Å². The van der Waals surface area contributed by atoms with Gasteiger partial charge in [-0.15, -0.1) is 0 Å². The number of hydrogen-bond acceptors (Lipinski definition) is 4. The molecular weight excluding hydrogens is 262 g/mol. The highest BCUT2D eigenvalue weighted by atomic mass is 79.9. The maximum atomic E-state index is 11.4. The monoisotopic (exact) mass is 273 g/mol. The van der Waals surface area contributed by atoms with Crippen molar-refractivity contribution in [3.8, 4) is 5.75 Å². The first-order valence-corrected chi connectivity index (χ1v) is 5.19. The van der Waals surface area contributed by atoms with Crippen LogP contribution in [0, 0.1) is 0 Å².